The second kappa shape index (κ2) is 7.02. The number of carbonyl (C=O) groups excluding carboxylic acids is 1. The normalized spacial score (nSPS) is 22.5. The molecule has 0 unspecified atom stereocenters. The summed E-state index contributed by atoms with van der Waals surface area (Å²) in [5.41, 5.74) is 1.14. The van der Waals surface area contributed by atoms with E-state index >= 15 is 0 Å². The van der Waals surface area contributed by atoms with Gasteiger partial charge in [0.1, 0.15) is 5.75 Å². The molecule has 142 valence electrons. The van der Waals surface area contributed by atoms with Crippen LogP contribution in [-0.4, -0.2) is 57.1 Å². The van der Waals surface area contributed by atoms with Crippen LogP contribution in [0.1, 0.15) is 47.3 Å². The van der Waals surface area contributed by atoms with Gasteiger partial charge in [0, 0.05) is 19.0 Å². The number of ether oxygens (including phenoxy) is 1. The zero-order chi connectivity index (χ0) is 19.0. The van der Waals surface area contributed by atoms with Crippen molar-refractivity contribution < 1.29 is 19.4 Å². The average Bonchev–Trinajstić information content (AvgIpc) is 3.34. The fraction of sp³-hybridized carbons (Fsp3) is 0.474. The van der Waals surface area contributed by atoms with Crippen LogP contribution in [0.15, 0.2) is 30.5 Å². The third-order valence-corrected chi connectivity index (χ3v) is 5.53. The molecule has 1 saturated carbocycles. The number of amides is 1. The third kappa shape index (κ3) is 3.51. The molecule has 2 aromatic rings. The fourth-order valence-corrected chi connectivity index (χ4v) is 3.83. The number of methoxy groups -OCH3 is 1. The van der Waals surface area contributed by atoms with Gasteiger partial charge in [-0.1, -0.05) is 17.3 Å². The van der Waals surface area contributed by atoms with Crippen LogP contribution in [0.4, 0.5) is 0 Å². The quantitative estimate of drug-likeness (QED) is 0.864. The van der Waals surface area contributed by atoms with Crippen molar-refractivity contribution in [1.29, 1.82) is 0 Å². The first-order valence-corrected chi connectivity index (χ1v) is 9.14. The summed E-state index contributed by atoms with van der Waals surface area (Å²) in [7, 11) is 1.64. The van der Waals surface area contributed by atoms with E-state index in [0.29, 0.717) is 19.0 Å². The summed E-state index contributed by atoms with van der Waals surface area (Å²) in [4.78, 5) is 25.7. The molecule has 1 aromatic heterocycles. The van der Waals surface area contributed by atoms with E-state index in [1.807, 2.05) is 29.2 Å². The van der Waals surface area contributed by atoms with E-state index in [-0.39, 0.29) is 23.6 Å². The van der Waals surface area contributed by atoms with Gasteiger partial charge < -0.3 is 14.7 Å². The van der Waals surface area contributed by atoms with Crippen molar-refractivity contribution in [3.63, 3.8) is 0 Å². The number of hydrogen-bond acceptors (Lipinski definition) is 5. The van der Waals surface area contributed by atoms with Gasteiger partial charge in [-0.25, -0.2) is 9.48 Å². The zero-order valence-electron chi connectivity index (χ0n) is 15.1. The Morgan fingerprint density at radius 3 is 2.48 bits per heavy atom. The Labute approximate surface area is 156 Å². The second-order valence-corrected chi connectivity index (χ2v) is 7.17. The lowest BCUT2D eigenvalue weighted by Gasteiger charge is -2.32. The van der Waals surface area contributed by atoms with E-state index in [0.717, 1.165) is 25.0 Å². The summed E-state index contributed by atoms with van der Waals surface area (Å²) in [5.74, 6) is 0.337. The maximum Gasteiger partial charge on any atom is 0.358 e. The molecule has 2 heterocycles. The molecule has 0 spiro atoms. The molecule has 1 aliphatic heterocycles. The summed E-state index contributed by atoms with van der Waals surface area (Å²) in [5, 5.41) is 16.5. The number of likely N-dealkylation sites (tertiary alicyclic amines) is 1. The first kappa shape index (κ1) is 17.5. The maximum atomic E-state index is 12.8. The number of aromatic carboxylic acids is 1. The van der Waals surface area contributed by atoms with Crippen molar-refractivity contribution in [2.75, 3.05) is 20.2 Å². The van der Waals surface area contributed by atoms with Crippen molar-refractivity contribution in [1.82, 2.24) is 19.9 Å². The minimum atomic E-state index is -1.08. The van der Waals surface area contributed by atoms with Gasteiger partial charge in [-0.2, -0.15) is 0 Å². The van der Waals surface area contributed by atoms with Gasteiger partial charge in [0.2, 0.25) is 5.91 Å². The number of carboxylic acid groups (broad SMARTS) is 1. The molecule has 2 aliphatic rings. The lowest BCUT2D eigenvalue weighted by molar-refractivity contribution is -0.134. The number of rotatable bonds is 5. The Balaban J connectivity index is 1.31. The number of hydrogen-bond donors (Lipinski definition) is 1. The smallest absolute Gasteiger partial charge is 0.358 e. The molecule has 1 aromatic carbocycles. The molecule has 1 amide bonds. The lowest BCUT2D eigenvalue weighted by Crippen LogP contribution is -2.40. The lowest BCUT2D eigenvalue weighted by atomic mass is 10.0. The number of nitrogens with zero attached hydrogens (tertiary/aromatic N) is 4. The molecule has 1 saturated heterocycles. The number of benzene rings is 1. The highest BCUT2D eigenvalue weighted by molar-refractivity contribution is 5.84. The predicted octanol–water partition coefficient (Wildman–Crippen LogP) is 1.95. The topological polar surface area (TPSA) is 97.5 Å². The summed E-state index contributed by atoms with van der Waals surface area (Å²) in [6, 6.07) is 8.03. The maximum absolute atomic E-state index is 12.8. The van der Waals surface area contributed by atoms with Crippen LogP contribution >= 0.6 is 0 Å². The van der Waals surface area contributed by atoms with E-state index in [1.165, 1.54) is 11.8 Å². The first-order chi connectivity index (χ1) is 13.1. The van der Waals surface area contributed by atoms with Gasteiger partial charge in [0.25, 0.3) is 0 Å². The molecular formula is C19H22N4O4. The van der Waals surface area contributed by atoms with Gasteiger partial charge in [-0.05, 0) is 42.9 Å². The Morgan fingerprint density at radius 1 is 1.19 bits per heavy atom. The van der Waals surface area contributed by atoms with Gasteiger partial charge in [-0.3, -0.25) is 4.79 Å². The fourth-order valence-electron chi connectivity index (χ4n) is 3.83. The number of aromatic nitrogens is 3. The Morgan fingerprint density at radius 2 is 1.89 bits per heavy atom. The van der Waals surface area contributed by atoms with Crippen LogP contribution in [-0.2, 0) is 4.79 Å². The van der Waals surface area contributed by atoms with E-state index in [9.17, 15) is 9.59 Å². The molecule has 1 aliphatic carbocycles. The van der Waals surface area contributed by atoms with Gasteiger partial charge in [0.05, 0.1) is 19.3 Å². The van der Waals surface area contributed by atoms with Crippen molar-refractivity contribution >= 4 is 11.9 Å². The van der Waals surface area contributed by atoms with Crippen LogP contribution in [0.5, 0.6) is 5.75 Å². The summed E-state index contributed by atoms with van der Waals surface area (Å²) in [6.07, 6.45) is 3.88. The van der Waals surface area contributed by atoms with Crippen LogP contribution in [0.2, 0.25) is 0 Å². The van der Waals surface area contributed by atoms with Crippen LogP contribution in [0.25, 0.3) is 0 Å². The van der Waals surface area contributed by atoms with Crippen molar-refractivity contribution in [3.05, 3.63) is 41.7 Å². The predicted molar refractivity (Wildman–Crippen MR) is 95.7 cm³/mol. The van der Waals surface area contributed by atoms with Crippen LogP contribution in [0, 0.1) is 5.92 Å². The van der Waals surface area contributed by atoms with E-state index in [2.05, 4.69) is 10.3 Å². The molecule has 2 fully saturated rings. The zero-order valence-corrected chi connectivity index (χ0v) is 15.1. The highest BCUT2D eigenvalue weighted by Gasteiger charge is 2.46. The Kier molecular flexibility index (Phi) is 4.55. The minimum absolute atomic E-state index is 0.0474. The summed E-state index contributed by atoms with van der Waals surface area (Å²) >= 11 is 0. The van der Waals surface area contributed by atoms with E-state index < -0.39 is 5.97 Å². The Bertz CT molecular complexity index is 840. The Hall–Kier alpha value is -2.90. The largest absolute Gasteiger partial charge is 0.497 e. The molecule has 0 radical (unpaired) electrons. The minimum Gasteiger partial charge on any atom is -0.497 e. The second-order valence-electron chi connectivity index (χ2n) is 7.17. The number of carboxylic acids is 1. The van der Waals surface area contributed by atoms with Crippen molar-refractivity contribution in [3.8, 4) is 5.75 Å². The average molecular weight is 370 g/mol. The molecule has 27 heavy (non-hydrogen) atoms. The standard InChI is InChI=1S/C19H22N4O4/c1-27-14-4-2-12(3-5-14)15-10-16(15)18(24)22-8-6-13(7-9-22)23-11-17(19(25)26)20-21-23/h2-5,11,13,15-16H,6-10H2,1H3,(H,25,26)/t15-,16+/m0/s1. The van der Waals surface area contributed by atoms with E-state index in [4.69, 9.17) is 9.84 Å². The third-order valence-electron chi connectivity index (χ3n) is 5.53. The van der Waals surface area contributed by atoms with Gasteiger partial charge in [0.15, 0.2) is 5.69 Å². The molecular weight excluding hydrogens is 348 g/mol. The van der Waals surface area contributed by atoms with Gasteiger partial charge >= 0.3 is 5.97 Å². The van der Waals surface area contributed by atoms with Crippen molar-refractivity contribution in [2.24, 2.45) is 5.92 Å². The molecule has 0 bridgehead atoms. The summed E-state index contributed by atoms with van der Waals surface area (Å²) in [6.45, 7) is 1.33. The highest BCUT2D eigenvalue weighted by Crippen LogP contribution is 2.49. The molecule has 2 atom stereocenters. The number of carbonyl (C=O) groups is 2. The summed E-state index contributed by atoms with van der Waals surface area (Å²) < 4.78 is 6.79. The van der Waals surface area contributed by atoms with Gasteiger partial charge in [-0.15, -0.1) is 5.10 Å². The van der Waals surface area contributed by atoms with Crippen LogP contribution < -0.4 is 4.74 Å². The molecule has 4 rings (SSSR count). The molecule has 1 N–H and O–H groups in total. The SMILES string of the molecule is COc1ccc([C@@H]2C[C@H]2C(=O)N2CCC(n3cc(C(=O)O)nn3)CC2)cc1. The van der Waals surface area contributed by atoms with E-state index in [1.54, 1.807) is 11.8 Å². The monoisotopic (exact) mass is 370 g/mol. The molecule has 8 nitrogen and oxygen atoms in total. The highest BCUT2D eigenvalue weighted by atomic mass is 16.5. The first-order valence-electron chi connectivity index (χ1n) is 9.14. The van der Waals surface area contributed by atoms with Crippen LogP contribution in [0.3, 0.4) is 0 Å². The number of piperidine rings is 1. The molecule has 8 heteroatoms. The van der Waals surface area contributed by atoms with Crippen molar-refractivity contribution in [2.45, 2.75) is 31.2 Å².